The molecular weight excluding hydrogens is 414 g/mol. The lowest BCUT2D eigenvalue weighted by atomic mass is 9.97. The Morgan fingerprint density at radius 3 is 2.71 bits per heavy atom. The van der Waals surface area contributed by atoms with Gasteiger partial charge in [-0.3, -0.25) is 4.90 Å². The van der Waals surface area contributed by atoms with Gasteiger partial charge in [0.05, 0.1) is 23.6 Å². The van der Waals surface area contributed by atoms with Crippen molar-refractivity contribution in [2.24, 2.45) is 0 Å². The predicted octanol–water partition coefficient (Wildman–Crippen LogP) is 4.33. The van der Waals surface area contributed by atoms with Crippen LogP contribution < -0.4 is 15.5 Å². The maximum absolute atomic E-state index is 12.6. The lowest BCUT2D eigenvalue weighted by molar-refractivity contribution is 0.250. The lowest BCUT2D eigenvalue weighted by Crippen LogP contribution is -2.45. The van der Waals surface area contributed by atoms with Crippen LogP contribution in [-0.4, -0.2) is 37.6 Å². The van der Waals surface area contributed by atoms with Crippen LogP contribution in [0.2, 0.25) is 5.02 Å². The molecule has 5 rings (SSSR count). The minimum absolute atomic E-state index is 0.0821. The molecule has 2 aliphatic rings. The molecule has 160 valence electrons. The number of rotatable bonds is 5. The van der Waals surface area contributed by atoms with Crippen LogP contribution in [0.4, 0.5) is 16.6 Å². The molecule has 1 aromatic carbocycles. The number of aromatic nitrogens is 4. The summed E-state index contributed by atoms with van der Waals surface area (Å²) in [5, 5.41) is 7.00. The fourth-order valence-corrected chi connectivity index (χ4v) is 4.65. The van der Waals surface area contributed by atoms with Crippen molar-refractivity contribution < 1.29 is 4.79 Å². The maximum Gasteiger partial charge on any atom is 0.323 e. The zero-order valence-corrected chi connectivity index (χ0v) is 18.0. The fraction of sp³-hybridized carbons (Fsp3) is 0.364. The number of halogens is 1. The summed E-state index contributed by atoms with van der Waals surface area (Å²) in [5.41, 5.74) is 1.68. The molecule has 2 amide bonds. The van der Waals surface area contributed by atoms with Crippen LogP contribution in [0.15, 0.2) is 49.1 Å². The molecule has 2 fully saturated rings. The Hall–Kier alpha value is -3.13. The van der Waals surface area contributed by atoms with Gasteiger partial charge in [0.15, 0.2) is 0 Å². The molecule has 1 saturated heterocycles. The van der Waals surface area contributed by atoms with Gasteiger partial charge in [-0.25, -0.2) is 14.8 Å². The van der Waals surface area contributed by atoms with E-state index in [0.717, 1.165) is 37.1 Å². The van der Waals surface area contributed by atoms with Crippen LogP contribution in [0.3, 0.4) is 0 Å². The predicted molar refractivity (Wildman–Crippen MR) is 120 cm³/mol. The van der Waals surface area contributed by atoms with Gasteiger partial charge < -0.3 is 15.2 Å². The highest BCUT2D eigenvalue weighted by atomic mass is 35.5. The average Bonchev–Trinajstić information content (AvgIpc) is 3.50. The number of carbonyl (C=O) groups excluding carboxylic acids is 1. The van der Waals surface area contributed by atoms with Gasteiger partial charge >= 0.3 is 6.03 Å². The quantitative estimate of drug-likeness (QED) is 0.620. The van der Waals surface area contributed by atoms with E-state index in [1.807, 2.05) is 46.9 Å². The number of amides is 2. The number of carbonyl (C=O) groups is 1. The van der Waals surface area contributed by atoms with Crippen LogP contribution in [0, 0.1) is 0 Å². The summed E-state index contributed by atoms with van der Waals surface area (Å²) in [5.74, 6) is 1.10. The number of hydrogen-bond donors (Lipinski definition) is 2. The first-order chi connectivity index (χ1) is 15.0. The second-order valence-corrected chi connectivity index (χ2v) is 8.65. The minimum Gasteiger partial charge on any atom is -0.346 e. The van der Waals surface area contributed by atoms with Crippen LogP contribution in [-0.2, 0) is 0 Å². The number of hydrogen-bond acceptors (Lipinski definition) is 5. The van der Waals surface area contributed by atoms with Crippen molar-refractivity contribution in [2.75, 3.05) is 16.8 Å². The van der Waals surface area contributed by atoms with Crippen molar-refractivity contribution in [1.82, 2.24) is 24.8 Å². The van der Waals surface area contributed by atoms with Crippen LogP contribution in [0.5, 0.6) is 0 Å². The van der Waals surface area contributed by atoms with Gasteiger partial charge in [-0.15, -0.1) is 0 Å². The molecule has 1 atom stereocenters. The normalized spacial score (nSPS) is 18.4. The summed E-state index contributed by atoms with van der Waals surface area (Å²) < 4.78 is 1.94. The van der Waals surface area contributed by atoms with E-state index in [2.05, 4.69) is 25.6 Å². The third kappa shape index (κ3) is 3.72. The molecule has 2 N–H and O–H groups in total. The molecule has 0 unspecified atom stereocenters. The highest BCUT2D eigenvalue weighted by molar-refractivity contribution is 6.30. The monoisotopic (exact) mass is 437 g/mol. The lowest BCUT2D eigenvalue weighted by Gasteiger charge is -2.32. The number of anilines is 2. The van der Waals surface area contributed by atoms with Gasteiger partial charge in [-0.2, -0.15) is 4.98 Å². The Bertz CT molecular complexity index is 1090. The maximum atomic E-state index is 12.6. The van der Waals surface area contributed by atoms with Crippen molar-refractivity contribution in [1.29, 1.82) is 0 Å². The van der Waals surface area contributed by atoms with Crippen molar-refractivity contribution in [3.05, 3.63) is 59.8 Å². The number of benzene rings is 1. The molecular formula is C22H24ClN7O. The van der Waals surface area contributed by atoms with Gasteiger partial charge in [-0.1, -0.05) is 24.4 Å². The molecule has 9 heteroatoms. The summed E-state index contributed by atoms with van der Waals surface area (Å²) in [6, 6.07) is 9.19. The third-order valence-electron chi connectivity index (χ3n) is 6.17. The molecule has 8 nitrogen and oxygen atoms in total. The number of urea groups is 1. The standard InChI is InChI=1S/C22H24ClN7O/c1-15(18-12-29(14-26-18)17-6-4-16(23)5-7-17)27-20-24-11-8-19(28-20)30-21(31)25-13-22(30)9-2-3-10-22/h4-8,11-12,14-15H,2-3,9-10,13H2,1H3,(H,25,31)(H,24,27,28)/t15-/m0/s1. The fourth-order valence-electron chi connectivity index (χ4n) is 4.52. The van der Waals surface area contributed by atoms with E-state index in [0.29, 0.717) is 23.3 Å². The third-order valence-corrected chi connectivity index (χ3v) is 6.42. The van der Waals surface area contributed by atoms with E-state index < -0.39 is 0 Å². The van der Waals surface area contributed by atoms with E-state index in [9.17, 15) is 4.79 Å². The smallest absolute Gasteiger partial charge is 0.323 e. The molecule has 1 saturated carbocycles. The average molecular weight is 438 g/mol. The van der Waals surface area contributed by atoms with Gasteiger partial charge in [-0.05, 0) is 50.1 Å². The number of imidazole rings is 1. The Labute approximate surface area is 185 Å². The number of nitrogens with zero attached hydrogens (tertiary/aromatic N) is 5. The summed E-state index contributed by atoms with van der Waals surface area (Å²) in [7, 11) is 0. The molecule has 2 aromatic heterocycles. The van der Waals surface area contributed by atoms with E-state index >= 15 is 0 Å². The zero-order chi connectivity index (χ0) is 21.4. The molecule has 1 aliphatic carbocycles. The largest absolute Gasteiger partial charge is 0.346 e. The van der Waals surface area contributed by atoms with E-state index in [1.54, 1.807) is 18.6 Å². The van der Waals surface area contributed by atoms with E-state index in [-0.39, 0.29) is 17.6 Å². The molecule has 3 aromatic rings. The Morgan fingerprint density at radius 2 is 1.94 bits per heavy atom. The highest BCUT2D eigenvalue weighted by Crippen LogP contribution is 2.40. The van der Waals surface area contributed by atoms with Gasteiger partial charge in [0.1, 0.15) is 5.82 Å². The van der Waals surface area contributed by atoms with Crippen LogP contribution in [0.1, 0.15) is 44.3 Å². The summed E-state index contributed by atoms with van der Waals surface area (Å²) in [4.78, 5) is 27.9. The minimum atomic E-state index is -0.161. The van der Waals surface area contributed by atoms with E-state index in [1.165, 1.54) is 0 Å². The molecule has 0 radical (unpaired) electrons. The Morgan fingerprint density at radius 1 is 1.16 bits per heavy atom. The second-order valence-electron chi connectivity index (χ2n) is 8.21. The van der Waals surface area contributed by atoms with Gasteiger partial charge in [0.2, 0.25) is 5.95 Å². The first-order valence-corrected chi connectivity index (χ1v) is 10.9. The molecule has 0 bridgehead atoms. The van der Waals surface area contributed by atoms with Crippen LogP contribution >= 0.6 is 11.6 Å². The van der Waals surface area contributed by atoms with Crippen LogP contribution in [0.25, 0.3) is 5.69 Å². The SMILES string of the molecule is C[C@H](Nc1nccc(N2C(=O)NCC23CCCC3)n1)c1cn(-c2ccc(Cl)cc2)cn1. The molecule has 1 spiro atoms. The van der Waals surface area contributed by atoms with E-state index in [4.69, 9.17) is 11.6 Å². The van der Waals surface area contributed by atoms with Crippen molar-refractivity contribution in [3.8, 4) is 5.69 Å². The topological polar surface area (TPSA) is 88.0 Å². The first kappa shape index (κ1) is 19.8. The second kappa shape index (κ2) is 7.85. The Balaban J connectivity index is 1.34. The van der Waals surface area contributed by atoms with Gasteiger partial charge in [0.25, 0.3) is 0 Å². The first-order valence-electron chi connectivity index (χ1n) is 10.5. The molecule has 31 heavy (non-hydrogen) atoms. The van der Waals surface area contributed by atoms with Crippen molar-refractivity contribution in [2.45, 2.75) is 44.2 Å². The van der Waals surface area contributed by atoms with Gasteiger partial charge in [0, 0.05) is 29.6 Å². The number of nitrogens with one attached hydrogen (secondary N) is 2. The summed E-state index contributed by atoms with van der Waals surface area (Å²) >= 11 is 5.98. The summed E-state index contributed by atoms with van der Waals surface area (Å²) in [6.07, 6.45) is 9.69. The molecule has 3 heterocycles. The summed E-state index contributed by atoms with van der Waals surface area (Å²) in [6.45, 7) is 2.68. The highest BCUT2D eigenvalue weighted by Gasteiger charge is 2.48. The van der Waals surface area contributed by atoms with Crippen molar-refractivity contribution in [3.63, 3.8) is 0 Å². The molecule has 1 aliphatic heterocycles. The van der Waals surface area contributed by atoms with Crippen molar-refractivity contribution >= 4 is 29.4 Å². The zero-order valence-electron chi connectivity index (χ0n) is 17.3. The Kier molecular flexibility index (Phi) is 5.02.